The summed E-state index contributed by atoms with van der Waals surface area (Å²) in [6.07, 6.45) is 2.08. The molecule has 5 nitrogen and oxygen atoms in total. The van der Waals surface area contributed by atoms with E-state index in [9.17, 15) is 0 Å². The Bertz CT molecular complexity index is 2830. The van der Waals surface area contributed by atoms with Gasteiger partial charge in [0.25, 0.3) is 0 Å². The van der Waals surface area contributed by atoms with Crippen LogP contribution in [0.15, 0.2) is 176 Å². The van der Waals surface area contributed by atoms with Gasteiger partial charge in [-0.15, -0.1) is 0 Å². The summed E-state index contributed by atoms with van der Waals surface area (Å²) >= 11 is 0. The summed E-state index contributed by atoms with van der Waals surface area (Å²) in [4.78, 5) is 20.3. The van der Waals surface area contributed by atoms with Crippen molar-refractivity contribution in [1.29, 1.82) is 0 Å². The fourth-order valence-corrected chi connectivity index (χ4v) is 7.01. The number of imidazole rings is 1. The Balaban J connectivity index is 1.11. The van der Waals surface area contributed by atoms with Gasteiger partial charge >= 0.3 is 0 Å². The number of benzene rings is 7. The Hall–Kier alpha value is -6.98. The predicted octanol–water partition coefficient (Wildman–Crippen LogP) is 11.3. The van der Waals surface area contributed by atoms with E-state index in [1.807, 2.05) is 12.1 Å². The lowest BCUT2D eigenvalue weighted by atomic mass is 10.0. The second-order valence-corrected chi connectivity index (χ2v) is 12.8. The molecular weight excluding hydrogens is 623 g/mol. The van der Waals surface area contributed by atoms with Gasteiger partial charge in [0, 0.05) is 34.0 Å². The Kier molecular flexibility index (Phi) is 6.74. The van der Waals surface area contributed by atoms with Gasteiger partial charge in [-0.3, -0.25) is 4.40 Å². The van der Waals surface area contributed by atoms with Crippen LogP contribution in [0.2, 0.25) is 0 Å². The number of aromatic nitrogens is 5. The molecule has 0 bridgehead atoms. The normalized spacial score (nSPS) is 11.5. The minimum Gasteiger partial charge on any atom is -0.299 e. The zero-order valence-electron chi connectivity index (χ0n) is 27.5. The lowest BCUT2D eigenvalue weighted by molar-refractivity contribution is 1.07. The first-order valence-electron chi connectivity index (χ1n) is 17.1. The summed E-state index contributed by atoms with van der Waals surface area (Å²) in [5.74, 6) is 1.90. The molecule has 10 rings (SSSR count). The van der Waals surface area contributed by atoms with Crippen molar-refractivity contribution in [3.63, 3.8) is 0 Å². The molecule has 0 saturated heterocycles. The molecule has 3 heterocycles. The minimum absolute atomic E-state index is 0.621. The molecule has 0 spiro atoms. The maximum atomic E-state index is 5.11. The number of rotatable bonds is 5. The second-order valence-electron chi connectivity index (χ2n) is 12.8. The van der Waals surface area contributed by atoms with Crippen LogP contribution >= 0.6 is 0 Å². The van der Waals surface area contributed by atoms with Crippen LogP contribution in [0.1, 0.15) is 0 Å². The smallest absolute Gasteiger partial charge is 0.164 e. The highest BCUT2D eigenvalue weighted by atomic mass is 15.0. The summed E-state index contributed by atoms with van der Waals surface area (Å²) in [5, 5.41) is 7.03. The summed E-state index contributed by atoms with van der Waals surface area (Å²) in [7, 11) is 0. The van der Waals surface area contributed by atoms with E-state index in [-0.39, 0.29) is 0 Å². The molecule has 0 radical (unpaired) electrons. The summed E-state index contributed by atoms with van der Waals surface area (Å²) < 4.78 is 2.16. The van der Waals surface area contributed by atoms with Crippen molar-refractivity contribution in [3.8, 4) is 56.7 Å². The van der Waals surface area contributed by atoms with E-state index in [4.69, 9.17) is 19.9 Å². The van der Waals surface area contributed by atoms with Crippen LogP contribution in [0, 0.1) is 0 Å². The molecule has 0 N–H and O–H groups in total. The van der Waals surface area contributed by atoms with Crippen LogP contribution in [-0.2, 0) is 0 Å². The molecule has 0 unspecified atom stereocenters. The zero-order valence-corrected chi connectivity index (χ0v) is 27.5. The SMILES string of the molecule is c1ccc2cc(-c3nc(-c4ccc(-c5c(-c6ccc7ccccc7c6)nc6ccccn56)cc4)nc(-c4ccc5ccccc5c4)n3)ccc2c1. The van der Waals surface area contributed by atoms with Crippen LogP contribution in [0.3, 0.4) is 0 Å². The maximum Gasteiger partial charge on any atom is 0.164 e. The molecule has 0 aliphatic heterocycles. The van der Waals surface area contributed by atoms with Gasteiger partial charge in [0.05, 0.1) is 11.4 Å². The molecular formula is C46H29N5. The Labute approximate surface area is 294 Å². The number of hydrogen-bond acceptors (Lipinski definition) is 4. The summed E-state index contributed by atoms with van der Waals surface area (Å²) in [6, 6.07) is 59.1. The summed E-state index contributed by atoms with van der Waals surface area (Å²) in [5.41, 5.74) is 7.81. The van der Waals surface area contributed by atoms with E-state index in [0.29, 0.717) is 17.5 Å². The molecule has 10 aromatic rings. The molecule has 238 valence electrons. The largest absolute Gasteiger partial charge is 0.299 e. The zero-order chi connectivity index (χ0) is 33.7. The average molecular weight is 652 g/mol. The first-order valence-corrected chi connectivity index (χ1v) is 17.1. The van der Waals surface area contributed by atoms with E-state index in [1.165, 1.54) is 21.5 Å². The van der Waals surface area contributed by atoms with Gasteiger partial charge in [0.15, 0.2) is 17.5 Å². The molecule has 5 heteroatoms. The monoisotopic (exact) mass is 651 g/mol. The van der Waals surface area contributed by atoms with E-state index >= 15 is 0 Å². The van der Waals surface area contributed by atoms with Crippen molar-refractivity contribution >= 4 is 38.0 Å². The van der Waals surface area contributed by atoms with Gasteiger partial charge in [-0.1, -0.05) is 140 Å². The molecule has 7 aromatic carbocycles. The molecule has 0 fully saturated rings. The molecule has 0 amide bonds. The van der Waals surface area contributed by atoms with Crippen molar-refractivity contribution in [3.05, 3.63) is 176 Å². The van der Waals surface area contributed by atoms with Crippen molar-refractivity contribution < 1.29 is 0 Å². The predicted molar refractivity (Wildman–Crippen MR) is 208 cm³/mol. The molecule has 0 saturated carbocycles. The Morgan fingerprint density at radius 1 is 0.314 bits per heavy atom. The van der Waals surface area contributed by atoms with Gasteiger partial charge < -0.3 is 0 Å². The number of nitrogens with zero attached hydrogens (tertiary/aromatic N) is 5. The topological polar surface area (TPSA) is 56.0 Å². The fraction of sp³-hybridized carbons (Fsp3) is 0. The highest BCUT2D eigenvalue weighted by molar-refractivity contribution is 5.91. The van der Waals surface area contributed by atoms with E-state index in [0.717, 1.165) is 55.6 Å². The fourth-order valence-electron chi connectivity index (χ4n) is 7.01. The van der Waals surface area contributed by atoms with Crippen LogP contribution < -0.4 is 0 Å². The molecule has 0 aliphatic carbocycles. The van der Waals surface area contributed by atoms with Crippen LogP contribution in [0.4, 0.5) is 0 Å². The van der Waals surface area contributed by atoms with E-state index < -0.39 is 0 Å². The third kappa shape index (κ3) is 5.20. The van der Waals surface area contributed by atoms with E-state index in [1.54, 1.807) is 0 Å². The molecule has 3 aromatic heterocycles. The van der Waals surface area contributed by atoms with Gasteiger partial charge in [-0.2, -0.15) is 0 Å². The van der Waals surface area contributed by atoms with Gasteiger partial charge in [-0.05, 0) is 62.6 Å². The standard InChI is InChI=1S/C46H29N5/c1-4-12-35-27-38(23-16-30(35)9-1)42-43(51-26-8-7-15-41(51)47-42)33-19-21-34(22-20-33)44-48-45(39-24-17-31-10-2-5-13-36(31)28-39)50-46(49-44)40-25-18-32-11-3-6-14-37(32)29-40/h1-29H. The first kappa shape index (κ1) is 29.0. The Morgan fingerprint density at radius 2 is 0.725 bits per heavy atom. The van der Waals surface area contributed by atoms with Gasteiger partial charge in [0.2, 0.25) is 0 Å². The lowest BCUT2D eigenvalue weighted by Gasteiger charge is -2.11. The lowest BCUT2D eigenvalue weighted by Crippen LogP contribution is -2.00. The van der Waals surface area contributed by atoms with Crippen LogP contribution in [-0.4, -0.2) is 24.3 Å². The highest BCUT2D eigenvalue weighted by Gasteiger charge is 2.18. The van der Waals surface area contributed by atoms with Crippen LogP contribution in [0.25, 0.3) is 94.6 Å². The summed E-state index contributed by atoms with van der Waals surface area (Å²) in [6.45, 7) is 0. The molecule has 0 atom stereocenters. The molecule has 0 aliphatic rings. The third-order valence-corrected chi connectivity index (χ3v) is 9.62. The highest BCUT2D eigenvalue weighted by Crippen LogP contribution is 2.36. The van der Waals surface area contributed by atoms with Gasteiger partial charge in [0.1, 0.15) is 5.65 Å². The quantitative estimate of drug-likeness (QED) is 0.186. The Morgan fingerprint density at radius 3 is 1.27 bits per heavy atom. The van der Waals surface area contributed by atoms with Crippen molar-refractivity contribution in [2.75, 3.05) is 0 Å². The van der Waals surface area contributed by atoms with Crippen molar-refractivity contribution in [1.82, 2.24) is 24.3 Å². The third-order valence-electron chi connectivity index (χ3n) is 9.62. The maximum absolute atomic E-state index is 5.11. The number of fused-ring (bicyclic) bond motifs is 4. The number of hydrogen-bond donors (Lipinski definition) is 0. The average Bonchev–Trinajstić information content (AvgIpc) is 3.60. The van der Waals surface area contributed by atoms with Crippen molar-refractivity contribution in [2.24, 2.45) is 0 Å². The second kappa shape index (κ2) is 11.9. The molecule has 51 heavy (non-hydrogen) atoms. The number of pyridine rings is 1. The minimum atomic E-state index is 0.621. The van der Waals surface area contributed by atoms with Crippen LogP contribution in [0.5, 0.6) is 0 Å². The first-order chi connectivity index (χ1) is 25.2. The van der Waals surface area contributed by atoms with Gasteiger partial charge in [-0.25, -0.2) is 19.9 Å². The van der Waals surface area contributed by atoms with Crippen molar-refractivity contribution in [2.45, 2.75) is 0 Å². The van der Waals surface area contributed by atoms with E-state index in [2.05, 4.69) is 168 Å².